The van der Waals surface area contributed by atoms with Gasteiger partial charge in [0.25, 0.3) is 0 Å². The van der Waals surface area contributed by atoms with Gasteiger partial charge >= 0.3 is 0 Å². The number of aromatic nitrogens is 6. The van der Waals surface area contributed by atoms with Crippen LogP contribution in [0.4, 0.5) is 5.95 Å². The number of hydrogen-bond donors (Lipinski definition) is 2. The predicted octanol–water partition coefficient (Wildman–Crippen LogP) is 1.99. The van der Waals surface area contributed by atoms with Gasteiger partial charge in [-0.1, -0.05) is 5.21 Å². The van der Waals surface area contributed by atoms with Crippen molar-refractivity contribution in [3.63, 3.8) is 0 Å². The van der Waals surface area contributed by atoms with Crippen LogP contribution in [0.2, 0.25) is 0 Å². The zero-order valence-corrected chi connectivity index (χ0v) is 16.5. The minimum Gasteiger partial charge on any atom is -0.393 e. The number of fused-ring (bicyclic) bond motifs is 1. The summed E-state index contributed by atoms with van der Waals surface area (Å²) in [6.45, 7) is 2.60. The lowest BCUT2D eigenvalue weighted by atomic mass is 9.85. The SMILES string of the molecule is COC[C@H](C)Nc1ncc2c(-c3cn(C)nn3)cc([C@H]3CC[C@H](O)CC3)n2n1. The fourth-order valence-corrected chi connectivity index (χ4v) is 3.93. The van der Waals surface area contributed by atoms with Crippen LogP contribution in [0.25, 0.3) is 16.8 Å². The molecule has 0 radical (unpaired) electrons. The molecule has 2 N–H and O–H groups in total. The van der Waals surface area contributed by atoms with E-state index in [0.717, 1.165) is 48.2 Å². The van der Waals surface area contributed by atoms with E-state index in [0.29, 0.717) is 18.5 Å². The molecule has 3 aromatic heterocycles. The lowest BCUT2D eigenvalue weighted by Crippen LogP contribution is -2.23. The number of nitrogens with one attached hydrogen (secondary N) is 1. The molecule has 1 aliphatic carbocycles. The van der Waals surface area contributed by atoms with Crippen LogP contribution in [-0.4, -0.2) is 60.6 Å². The lowest BCUT2D eigenvalue weighted by molar-refractivity contribution is 0.121. The van der Waals surface area contributed by atoms with Crippen LogP contribution in [0.15, 0.2) is 18.5 Å². The zero-order valence-electron chi connectivity index (χ0n) is 16.5. The molecule has 0 spiro atoms. The smallest absolute Gasteiger partial charge is 0.241 e. The molecule has 0 aliphatic heterocycles. The van der Waals surface area contributed by atoms with Crippen LogP contribution < -0.4 is 5.32 Å². The molecular weight excluding hydrogens is 358 g/mol. The van der Waals surface area contributed by atoms with Crippen molar-refractivity contribution in [1.29, 1.82) is 0 Å². The van der Waals surface area contributed by atoms with Crippen molar-refractivity contribution in [2.45, 2.75) is 50.7 Å². The lowest BCUT2D eigenvalue weighted by Gasteiger charge is -2.25. The van der Waals surface area contributed by atoms with E-state index in [4.69, 9.17) is 9.84 Å². The number of rotatable bonds is 6. The van der Waals surface area contributed by atoms with Crippen LogP contribution in [0, 0.1) is 0 Å². The molecule has 28 heavy (non-hydrogen) atoms. The molecule has 0 bridgehead atoms. The van der Waals surface area contributed by atoms with Crippen LogP contribution in [0.1, 0.15) is 44.2 Å². The predicted molar refractivity (Wildman–Crippen MR) is 105 cm³/mol. The average Bonchev–Trinajstić information content (AvgIpc) is 3.26. The summed E-state index contributed by atoms with van der Waals surface area (Å²) in [6.07, 6.45) is 7.07. The summed E-state index contributed by atoms with van der Waals surface area (Å²) >= 11 is 0. The summed E-state index contributed by atoms with van der Waals surface area (Å²) in [5.74, 6) is 0.913. The molecule has 3 aromatic rings. The fourth-order valence-electron chi connectivity index (χ4n) is 3.93. The second-order valence-electron chi connectivity index (χ2n) is 7.65. The molecule has 9 heteroatoms. The van der Waals surface area contributed by atoms with Crippen LogP contribution in [0.5, 0.6) is 0 Å². The number of hydrogen-bond acceptors (Lipinski definition) is 7. The second-order valence-corrected chi connectivity index (χ2v) is 7.65. The molecule has 1 fully saturated rings. The summed E-state index contributed by atoms with van der Waals surface area (Å²) in [5, 5.41) is 26.3. The van der Waals surface area contributed by atoms with Crippen LogP contribution >= 0.6 is 0 Å². The highest BCUT2D eigenvalue weighted by molar-refractivity contribution is 5.79. The maximum atomic E-state index is 9.89. The molecule has 0 unspecified atom stereocenters. The first-order valence-electron chi connectivity index (χ1n) is 9.74. The number of methoxy groups -OCH3 is 1. The topological polar surface area (TPSA) is 102 Å². The van der Waals surface area contributed by atoms with E-state index in [1.54, 1.807) is 11.8 Å². The molecule has 0 amide bonds. The molecule has 9 nitrogen and oxygen atoms in total. The third-order valence-electron chi connectivity index (χ3n) is 5.33. The van der Waals surface area contributed by atoms with Crippen molar-refractivity contribution in [1.82, 2.24) is 29.6 Å². The minimum absolute atomic E-state index is 0.103. The van der Waals surface area contributed by atoms with Crippen molar-refractivity contribution < 1.29 is 9.84 Å². The second kappa shape index (κ2) is 7.84. The van der Waals surface area contributed by atoms with Gasteiger partial charge in [-0.2, -0.15) is 0 Å². The molecular formula is C19H27N7O2. The van der Waals surface area contributed by atoms with E-state index >= 15 is 0 Å². The van der Waals surface area contributed by atoms with Crippen LogP contribution in [-0.2, 0) is 11.8 Å². The van der Waals surface area contributed by atoms with Gasteiger partial charge in [0.1, 0.15) is 5.69 Å². The first-order valence-corrected chi connectivity index (χ1v) is 9.74. The van der Waals surface area contributed by atoms with Gasteiger partial charge in [0.2, 0.25) is 5.95 Å². The summed E-state index contributed by atoms with van der Waals surface area (Å²) in [7, 11) is 3.53. The van der Waals surface area contributed by atoms with Crippen LogP contribution in [0.3, 0.4) is 0 Å². The number of aliphatic hydroxyl groups is 1. The summed E-state index contributed by atoms with van der Waals surface area (Å²) < 4.78 is 8.86. The van der Waals surface area contributed by atoms with Gasteiger partial charge in [-0.3, -0.25) is 4.68 Å². The molecule has 150 valence electrons. The van der Waals surface area contributed by atoms with Gasteiger partial charge in [0, 0.05) is 37.4 Å². The Hall–Kier alpha value is -2.52. The number of ether oxygens (including phenoxy) is 1. The molecule has 3 heterocycles. The van der Waals surface area contributed by atoms with E-state index in [1.165, 1.54) is 0 Å². The third-order valence-corrected chi connectivity index (χ3v) is 5.33. The van der Waals surface area contributed by atoms with Crippen molar-refractivity contribution >= 4 is 11.5 Å². The number of aryl methyl sites for hydroxylation is 1. The fraction of sp³-hybridized carbons (Fsp3) is 0.579. The highest BCUT2D eigenvalue weighted by atomic mass is 16.5. The Morgan fingerprint density at radius 3 is 2.79 bits per heavy atom. The molecule has 1 saturated carbocycles. The van der Waals surface area contributed by atoms with E-state index < -0.39 is 0 Å². The Morgan fingerprint density at radius 2 is 2.11 bits per heavy atom. The Balaban J connectivity index is 1.76. The number of anilines is 1. The third kappa shape index (κ3) is 3.72. The molecule has 0 aromatic carbocycles. The van der Waals surface area contributed by atoms with Crippen molar-refractivity contribution in [3.8, 4) is 11.3 Å². The van der Waals surface area contributed by atoms with Gasteiger partial charge < -0.3 is 15.2 Å². The Bertz CT molecular complexity index is 943. The average molecular weight is 385 g/mol. The summed E-state index contributed by atoms with van der Waals surface area (Å²) in [5.41, 5.74) is 3.82. The summed E-state index contributed by atoms with van der Waals surface area (Å²) in [4.78, 5) is 4.50. The first-order chi connectivity index (χ1) is 13.5. The van der Waals surface area contributed by atoms with Gasteiger partial charge in [0.05, 0.1) is 30.6 Å². The van der Waals surface area contributed by atoms with E-state index in [9.17, 15) is 5.11 Å². The van der Waals surface area contributed by atoms with Gasteiger partial charge in [-0.05, 0) is 38.7 Å². The highest BCUT2D eigenvalue weighted by Crippen LogP contribution is 2.37. The maximum absolute atomic E-state index is 9.89. The highest BCUT2D eigenvalue weighted by Gasteiger charge is 2.26. The standard InChI is InChI=1S/C19H27N7O2/c1-12(11-28-3)21-19-20-9-18-15(16-10-25(2)24-22-16)8-17(26(18)23-19)13-4-6-14(27)7-5-13/h8-10,12-14,27H,4-7,11H2,1-3H3,(H,21,23)/t12-,13-,14-/m0/s1. The van der Waals surface area contributed by atoms with Gasteiger partial charge in [0.15, 0.2) is 0 Å². The molecule has 4 rings (SSSR count). The van der Waals surface area contributed by atoms with Gasteiger partial charge in [-0.25, -0.2) is 9.50 Å². The van der Waals surface area contributed by atoms with E-state index in [2.05, 4.69) is 26.7 Å². The molecule has 0 saturated heterocycles. The zero-order chi connectivity index (χ0) is 19.7. The Kier molecular flexibility index (Phi) is 5.27. The normalized spacial score (nSPS) is 21.1. The largest absolute Gasteiger partial charge is 0.393 e. The number of nitrogens with zero attached hydrogens (tertiary/aromatic N) is 6. The quantitative estimate of drug-likeness (QED) is 0.669. The monoisotopic (exact) mass is 385 g/mol. The summed E-state index contributed by atoms with van der Waals surface area (Å²) in [6, 6.07) is 2.25. The van der Waals surface area contributed by atoms with Crippen molar-refractivity contribution in [3.05, 3.63) is 24.2 Å². The van der Waals surface area contributed by atoms with E-state index in [1.807, 2.05) is 30.9 Å². The van der Waals surface area contributed by atoms with Crippen molar-refractivity contribution in [2.24, 2.45) is 7.05 Å². The molecule has 1 atom stereocenters. The first kappa shape index (κ1) is 18.8. The van der Waals surface area contributed by atoms with E-state index in [-0.39, 0.29) is 12.1 Å². The Morgan fingerprint density at radius 1 is 1.32 bits per heavy atom. The molecule has 1 aliphatic rings. The number of aliphatic hydroxyl groups excluding tert-OH is 1. The maximum Gasteiger partial charge on any atom is 0.241 e. The van der Waals surface area contributed by atoms with Crippen molar-refractivity contribution in [2.75, 3.05) is 19.0 Å². The van der Waals surface area contributed by atoms with Gasteiger partial charge in [-0.15, -0.1) is 10.2 Å². The Labute approximate surface area is 163 Å². The minimum atomic E-state index is -0.191.